The fourth-order valence-corrected chi connectivity index (χ4v) is 1.39. The van der Waals surface area contributed by atoms with E-state index < -0.39 is 0 Å². The summed E-state index contributed by atoms with van der Waals surface area (Å²) in [5, 5.41) is 2.70. The molecule has 0 aliphatic rings. The number of aldehydes is 1. The van der Waals surface area contributed by atoms with Crippen LogP contribution in [-0.4, -0.2) is 17.2 Å². The Morgan fingerprint density at radius 3 is 2.82 bits per heavy atom. The Hall–Kier alpha value is -2.49. The standard InChI is InChI=1S/C13H10N2O2/c16-9-10-3-1-5-12(7-10)15-13(17)11-4-2-6-14-8-11/h1-9H,(H,15,17). The topological polar surface area (TPSA) is 59.1 Å². The molecular weight excluding hydrogens is 216 g/mol. The van der Waals surface area contributed by atoms with Crippen LogP contribution in [0, 0.1) is 0 Å². The van der Waals surface area contributed by atoms with E-state index in [1.54, 1.807) is 42.6 Å². The number of carbonyl (C=O) groups is 2. The molecule has 0 radical (unpaired) electrons. The van der Waals surface area contributed by atoms with Gasteiger partial charge in [0.1, 0.15) is 6.29 Å². The van der Waals surface area contributed by atoms with E-state index in [0.717, 1.165) is 6.29 Å². The molecule has 0 atom stereocenters. The van der Waals surface area contributed by atoms with Crippen molar-refractivity contribution < 1.29 is 9.59 Å². The molecule has 2 rings (SSSR count). The molecule has 2 aromatic rings. The van der Waals surface area contributed by atoms with E-state index >= 15 is 0 Å². The van der Waals surface area contributed by atoms with Crippen LogP contribution < -0.4 is 5.32 Å². The van der Waals surface area contributed by atoms with Crippen molar-refractivity contribution in [3.63, 3.8) is 0 Å². The van der Waals surface area contributed by atoms with E-state index in [1.807, 2.05) is 0 Å². The average Bonchev–Trinajstić information content (AvgIpc) is 2.40. The molecule has 0 aliphatic heterocycles. The quantitative estimate of drug-likeness (QED) is 0.816. The molecule has 0 saturated heterocycles. The highest BCUT2D eigenvalue weighted by atomic mass is 16.1. The molecule has 84 valence electrons. The van der Waals surface area contributed by atoms with Crippen LogP contribution >= 0.6 is 0 Å². The molecule has 0 bridgehead atoms. The van der Waals surface area contributed by atoms with Crippen molar-refractivity contribution in [2.75, 3.05) is 5.32 Å². The van der Waals surface area contributed by atoms with Crippen molar-refractivity contribution in [2.45, 2.75) is 0 Å². The van der Waals surface area contributed by atoms with Crippen LogP contribution in [0.5, 0.6) is 0 Å². The molecule has 1 aromatic carbocycles. The van der Waals surface area contributed by atoms with Gasteiger partial charge in [-0.25, -0.2) is 0 Å². The Kier molecular flexibility index (Phi) is 3.25. The van der Waals surface area contributed by atoms with Gasteiger partial charge in [-0.15, -0.1) is 0 Å². The number of nitrogens with zero attached hydrogens (tertiary/aromatic N) is 1. The summed E-state index contributed by atoms with van der Waals surface area (Å²) in [5.74, 6) is -0.249. The van der Waals surface area contributed by atoms with Gasteiger partial charge in [0.15, 0.2) is 0 Å². The van der Waals surface area contributed by atoms with Gasteiger partial charge in [-0.2, -0.15) is 0 Å². The molecule has 0 unspecified atom stereocenters. The molecule has 0 aliphatic carbocycles. The minimum atomic E-state index is -0.249. The smallest absolute Gasteiger partial charge is 0.257 e. The normalized spacial score (nSPS) is 9.65. The molecule has 1 aromatic heterocycles. The van der Waals surface area contributed by atoms with E-state index in [4.69, 9.17) is 0 Å². The summed E-state index contributed by atoms with van der Waals surface area (Å²) in [6, 6.07) is 10.1. The minimum Gasteiger partial charge on any atom is -0.322 e. The molecule has 4 heteroatoms. The number of rotatable bonds is 3. The molecule has 0 fully saturated rings. The van der Waals surface area contributed by atoms with Gasteiger partial charge < -0.3 is 5.32 Å². The highest BCUT2D eigenvalue weighted by molar-refractivity contribution is 6.04. The fourth-order valence-electron chi connectivity index (χ4n) is 1.39. The monoisotopic (exact) mass is 226 g/mol. The van der Waals surface area contributed by atoms with Crippen molar-refractivity contribution >= 4 is 17.9 Å². The number of nitrogens with one attached hydrogen (secondary N) is 1. The van der Waals surface area contributed by atoms with Gasteiger partial charge >= 0.3 is 0 Å². The second-order valence-electron chi connectivity index (χ2n) is 3.44. The summed E-state index contributed by atoms with van der Waals surface area (Å²) in [6.07, 6.45) is 3.82. The Bertz CT molecular complexity index is 538. The maximum atomic E-state index is 11.8. The first-order chi connectivity index (χ1) is 8.29. The van der Waals surface area contributed by atoms with Crippen LogP contribution in [0.4, 0.5) is 5.69 Å². The predicted octanol–water partition coefficient (Wildman–Crippen LogP) is 2.15. The number of anilines is 1. The van der Waals surface area contributed by atoms with Crippen molar-refractivity contribution in [2.24, 2.45) is 0 Å². The first-order valence-electron chi connectivity index (χ1n) is 5.06. The lowest BCUT2D eigenvalue weighted by Crippen LogP contribution is -2.12. The van der Waals surface area contributed by atoms with Gasteiger partial charge in [0.05, 0.1) is 5.56 Å². The van der Waals surface area contributed by atoms with Crippen LogP contribution in [-0.2, 0) is 0 Å². The Morgan fingerprint density at radius 2 is 2.12 bits per heavy atom. The molecule has 1 N–H and O–H groups in total. The van der Waals surface area contributed by atoms with Gasteiger partial charge in [-0.3, -0.25) is 14.6 Å². The van der Waals surface area contributed by atoms with Crippen LogP contribution in [0.2, 0.25) is 0 Å². The number of aromatic nitrogens is 1. The summed E-state index contributed by atoms with van der Waals surface area (Å²) < 4.78 is 0. The SMILES string of the molecule is O=Cc1cccc(NC(=O)c2cccnc2)c1. The first kappa shape index (κ1) is 11.0. The van der Waals surface area contributed by atoms with Gasteiger partial charge in [-0.1, -0.05) is 12.1 Å². The third kappa shape index (κ3) is 2.75. The van der Waals surface area contributed by atoms with Gasteiger partial charge in [0.25, 0.3) is 5.91 Å². The van der Waals surface area contributed by atoms with Crippen LogP contribution in [0.1, 0.15) is 20.7 Å². The fraction of sp³-hybridized carbons (Fsp3) is 0. The number of carbonyl (C=O) groups excluding carboxylic acids is 2. The van der Waals surface area contributed by atoms with Crippen LogP contribution in [0.15, 0.2) is 48.8 Å². The lowest BCUT2D eigenvalue weighted by molar-refractivity contribution is 0.102. The Labute approximate surface area is 98.3 Å². The summed E-state index contributed by atoms with van der Waals surface area (Å²) in [4.78, 5) is 26.2. The Balaban J connectivity index is 2.16. The molecule has 0 saturated carbocycles. The molecule has 0 spiro atoms. The van der Waals surface area contributed by atoms with E-state index in [2.05, 4.69) is 10.3 Å². The number of amides is 1. The summed E-state index contributed by atoms with van der Waals surface area (Å²) in [5.41, 5.74) is 1.58. The van der Waals surface area contributed by atoms with Crippen molar-refractivity contribution in [1.82, 2.24) is 4.98 Å². The van der Waals surface area contributed by atoms with Crippen LogP contribution in [0.25, 0.3) is 0 Å². The molecule has 4 nitrogen and oxygen atoms in total. The largest absolute Gasteiger partial charge is 0.322 e. The summed E-state index contributed by atoms with van der Waals surface area (Å²) in [7, 11) is 0. The zero-order valence-electron chi connectivity index (χ0n) is 8.96. The molecule has 17 heavy (non-hydrogen) atoms. The minimum absolute atomic E-state index is 0.249. The molecule has 1 amide bonds. The lowest BCUT2D eigenvalue weighted by atomic mass is 10.2. The summed E-state index contributed by atoms with van der Waals surface area (Å²) >= 11 is 0. The number of hydrogen-bond acceptors (Lipinski definition) is 3. The van der Waals surface area contributed by atoms with Crippen LogP contribution in [0.3, 0.4) is 0 Å². The van der Waals surface area contributed by atoms with Crippen molar-refractivity contribution in [3.05, 3.63) is 59.9 Å². The number of pyridine rings is 1. The highest BCUT2D eigenvalue weighted by Gasteiger charge is 2.05. The van der Waals surface area contributed by atoms with E-state index in [-0.39, 0.29) is 5.91 Å². The van der Waals surface area contributed by atoms with Gasteiger partial charge in [-0.05, 0) is 24.3 Å². The Morgan fingerprint density at radius 1 is 1.24 bits per heavy atom. The lowest BCUT2D eigenvalue weighted by Gasteiger charge is -2.04. The highest BCUT2D eigenvalue weighted by Crippen LogP contribution is 2.10. The average molecular weight is 226 g/mol. The first-order valence-corrected chi connectivity index (χ1v) is 5.06. The summed E-state index contributed by atoms with van der Waals surface area (Å²) in [6.45, 7) is 0. The van der Waals surface area contributed by atoms with Gasteiger partial charge in [0.2, 0.25) is 0 Å². The second-order valence-corrected chi connectivity index (χ2v) is 3.44. The molecule has 1 heterocycles. The van der Waals surface area contributed by atoms with E-state index in [0.29, 0.717) is 16.8 Å². The van der Waals surface area contributed by atoms with E-state index in [1.165, 1.54) is 6.20 Å². The third-order valence-corrected chi connectivity index (χ3v) is 2.20. The van der Waals surface area contributed by atoms with Gasteiger partial charge in [0, 0.05) is 23.6 Å². The second kappa shape index (κ2) is 5.03. The zero-order valence-corrected chi connectivity index (χ0v) is 8.96. The maximum absolute atomic E-state index is 11.8. The van der Waals surface area contributed by atoms with E-state index in [9.17, 15) is 9.59 Å². The number of hydrogen-bond donors (Lipinski definition) is 1. The predicted molar refractivity (Wildman–Crippen MR) is 64.0 cm³/mol. The zero-order chi connectivity index (χ0) is 12.1. The maximum Gasteiger partial charge on any atom is 0.257 e. The van der Waals surface area contributed by atoms with Crippen molar-refractivity contribution in [3.8, 4) is 0 Å². The third-order valence-electron chi connectivity index (χ3n) is 2.20. The molecular formula is C13H10N2O2. The number of benzene rings is 1. The van der Waals surface area contributed by atoms with Crippen molar-refractivity contribution in [1.29, 1.82) is 0 Å².